The van der Waals surface area contributed by atoms with Crippen LogP contribution in [-0.4, -0.2) is 30.0 Å². The van der Waals surface area contributed by atoms with Crippen LogP contribution >= 0.6 is 23.4 Å². The molecule has 154 valence electrons. The minimum absolute atomic E-state index is 0.0237. The zero-order valence-corrected chi connectivity index (χ0v) is 18.2. The number of methoxy groups -OCH3 is 1. The maximum atomic E-state index is 11.8. The Morgan fingerprint density at radius 3 is 2.52 bits per heavy atom. The molecule has 1 amide bonds. The summed E-state index contributed by atoms with van der Waals surface area (Å²) < 4.78 is 5.18. The van der Waals surface area contributed by atoms with Gasteiger partial charge < -0.3 is 10.1 Å². The second kappa shape index (κ2) is 9.94. The molecule has 2 heterocycles. The number of hydrogen-bond donors (Lipinski definition) is 1. The van der Waals surface area contributed by atoms with Crippen LogP contribution in [0.5, 0.6) is 5.75 Å². The number of hydrogen-bond acceptors (Lipinski definition) is 7. The van der Waals surface area contributed by atoms with E-state index in [2.05, 4.69) is 27.4 Å². The van der Waals surface area contributed by atoms with Crippen molar-refractivity contribution in [3.63, 3.8) is 0 Å². The van der Waals surface area contributed by atoms with Gasteiger partial charge in [0, 0.05) is 24.6 Å². The van der Waals surface area contributed by atoms with Crippen molar-refractivity contribution in [3.05, 3.63) is 70.1 Å². The highest BCUT2D eigenvalue weighted by molar-refractivity contribution is 7.98. The predicted octanol–water partition coefficient (Wildman–Crippen LogP) is 4.20. The molecule has 0 spiro atoms. The standard InChI is InChI=1S/C22H16ClN5O2S/c1-26-21(29)18-9-13(7-8-27-18)12-31-22-17(11-25)19(16(10-24)20(23)28-22)14-3-5-15(30-2)6-4-14/h3-9H,12H2,1-2H3,(H,26,29). The summed E-state index contributed by atoms with van der Waals surface area (Å²) in [5.41, 5.74) is 2.61. The molecule has 1 aromatic carbocycles. The molecular formula is C22H16ClN5O2S. The lowest BCUT2D eigenvalue weighted by atomic mass is 9.97. The number of carbonyl (C=O) groups is 1. The van der Waals surface area contributed by atoms with Crippen molar-refractivity contribution in [1.82, 2.24) is 15.3 Å². The summed E-state index contributed by atoms with van der Waals surface area (Å²) in [6.07, 6.45) is 1.55. The molecule has 3 rings (SSSR count). The number of amides is 1. The number of nitrogens with zero attached hydrogens (tertiary/aromatic N) is 4. The molecule has 0 saturated heterocycles. The van der Waals surface area contributed by atoms with Crippen LogP contribution in [0.2, 0.25) is 5.15 Å². The Morgan fingerprint density at radius 1 is 1.19 bits per heavy atom. The van der Waals surface area contributed by atoms with Gasteiger partial charge >= 0.3 is 0 Å². The van der Waals surface area contributed by atoms with E-state index in [1.807, 2.05) is 0 Å². The van der Waals surface area contributed by atoms with Gasteiger partial charge in [-0.15, -0.1) is 11.8 Å². The summed E-state index contributed by atoms with van der Waals surface area (Å²) in [6.45, 7) is 0. The van der Waals surface area contributed by atoms with Crippen molar-refractivity contribution in [1.29, 1.82) is 10.5 Å². The molecule has 0 bridgehead atoms. The van der Waals surface area contributed by atoms with Gasteiger partial charge in [0.15, 0.2) is 0 Å². The molecule has 0 aliphatic rings. The predicted molar refractivity (Wildman–Crippen MR) is 118 cm³/mol. The molecule has 0 atom stereocenters. The van der Waals surface area contributed by atoms with E-state index in [-0.39, 0.29) is 22.2 Å². The Hall–Kier alpha value is -3.59. The maximum absolute atomic E-state index is 11.8. The first-order valence-electron chi connectivity index (χ1n) is 9.00. The average Bonchev–Trinajstić information content (AvgIpc) is 2.81. The third-order valence-corrected chi connectivity index (χ3v) is 5.70. The van der Waals surface area contributed by atoms with Gasteiger partial charge in [-0.05, 0) is 35.4 Å². The first-order chi connectivity index (χ1) is 15.0. The van der Waals surface area contributed by atoms with Crippen molar-refractivity contribution < 1.29 is 9.53 Å². The minimum Gasteiger partial charge on any atom is -0.497 e. The second-order valence-corrected chi connectivity index (χ2v) is 7.52. The normalized spacial score (nSPS) is 10.1. The fourth-order valence-electron chi connectivity index (χ4n) is 2.86. The van der Waals surface area contributed by atoms with Gasteiger partial charge in [-0.3, -0.25) is 9.78 Å². The van der Waals surface area contributed by atoms with Gasteiger partial charge in [0.1, 0.15) is 33.8 Å². The molecule has 7 nitrogen and oxygen atoms in total. The van der Waals surface area contributed by atoms with Crippen LogP contribution in [0.3, 0.4) is 0 Å². The van der Waals surface area contributed by atoms with Crippen molar-refractivity contribution in [2.45, 2.75) is 10.8 Å². The van der Waals surface area contributed by atoms with E-state index in [1.165, 1.54) is 18.8 Å². The lowest BCUT2D eigenvalue weighted by Gasteiger charge is -2.13. The molecule has 3 aromatic rings. The smallest absolute Gasteiger partial charge is 0.269 e. The Kier molecular flexibility index (Phi) is 7.09. The lowest BCUT2D eigenvalue weighted by molar-refractivity contribution is 0.0958. The number of pyridine rings is 2. The van der Waals surface area contributed by atoms with E-state index in [0.717, 1.165) is 5.56 Å². The van der Waals surface area contributed by atoms with Gasteiger partial charge in [0.25, 0.3) is 5.91 Å². The summed E-state index contributed by atoms with van der Waals surface area (Å²) in [7, 11) is 3.09. The molecule has 0 aliphatic heterocycles. The number of nitriles is 2. The van der Waals surface area contributed by atoms with Crippen LogP contribution < -0.4 is 10.1 Å². The highest BCUT2D eigenvalue weighted by Crippen LogP contribution is 2.37. The van der Waals surface area contributed by atoms with Gasteiger partial charge in [-0.1, -0.05) is 23.7 Å². The lowest BCUT2D eigenvalue weighted by Crippen LogP contribution is -2.19. The Balaban J connectivity index is 2.02. The van der Waals surface area contributed by atoms with Crippen LogP contribution in [0.1, 0.15) is 27.2 Å². The molecule has 0 aliphatic carbocycles. The van der Waals surface area contributed by atoms with Crippen molar-refractivity contribution in [2.75, 3.05) is 14.2 Å². The fraction of sp³-hybridized carbons (Fsp3) is 0.136. The summed E-state index contributed by atoms with van der Waals surface area (Å²) in [4.78, 5) is 20.1. The number of carbonyl (C=O) groups excluding carboxylic acids is 1. The van der Waals surface area contributed by atoms with E-state index in [1.54, 1.807) is 49.7 Å². The van der Waals surface area contributed by atoms with Crippen LogP contribution in [0, 0.1) is 22.7 Å². The molecular weight excluding hydrogens is 434 g/mol. The van der Waals surface area contributed by atoms with E-state index in [0.29, 0.717) is 33.3 Å². The minimum atomic E-state index is -0.286. The van der Waals surface area contributed by atoms with Crippen LogP contribution in [0.25, 0.3) is 11.1 Å². The monoisotopic (exact) mass is 449 g/mol. The number of benzene rings is 1. The fourth-order valence-corrected chi connectivity index (χ4v) is 4.06. The topological polar surface area (TPSA) is 112 Å². The third-order valence-electron chi connectivity index (χ3n) is 4.38. The van der Waals surface area contributed by atoms with E-state index < -0.39 is 0 Å². The second-order valence-electron chi connectivity index (χ2n) is 6.20. The van der Waals surface area contributed by atoms with Crippen molar-refractivity contribution >= 4 is 29.3 Å². The number of rotatable bonds is 6. The molecule has 0 saturated carbocycles. The highest BCUT2D eigenvalue weighted by Gasteiger charge is 2.21. The zero-order chi connectivity index (χ0) is 22.4. The molecule has 0 fully saturated rings. The number of thioether (sulfide) groups is 1. The van der Waals surface area contributed by atoms with Gasteiger partial charge in [0.05, 0.1) is 18.2 Å². The van der Waals surface area contributed by atoms with Crippen LogP contribution in [0.15, 0.2) is 47.6 Å². The van der Waals surface area contributed by atoms with Crippen molar-refractivity contribution in [2.24, 2.45) is 0 Å². The number of aromatic nitrogens is 2. The third kappa shape index (κ3) is 4.77. The number of halogens is 1. The summed E-state index contributed by atoms with van der Waals surface area (Å²) in [5, 5.41) is 22.5. The molecule has 31 heavy (non-hydrogen) atoms. The summed E-state index contributed by atoms with van der Waals surface area (Å²) in [6, 6.07) is 14.7. The SMILES string of the molecule is CNC(=O)c1cc(CSc2nc(Cl)c(C#N)c(-c3ccc(OC)cc3)c2C#N)ccn1. The number of nitrogens with one attached hydrogen (secondary N) is 1. The largest absolute Gasteiger partial charge is 0.497 e. The first-order valence-corrected chi connectivity index (χ1v) is 10.4. The molecule has 2 aromatic heterocycles. The van der Waals surface area contributed by atoms with Crippen LogP contribution in [-0.2, 0) is 5.75 Å². The summed E-state index contributed by atoms with van der Waals surface area (Å²) in [5.74, 6) is 0.796. The van der Waals surface area contributed by atoms with E-state index >= 15 is 0 Å². The first kappa shape index (κ1) is 22.1. The molecule has 1 N–H and O–H groups in total. The van der Waals surface area contributed by atoms with Gasteiger partial charge in [-0.25, -0.2) is 4.98 Å². The molecule has 0 unspecified atom stereocenters. The zero-order valence-electron chi connectivity index (χ0n) is 16.6. The van der Waals surface area contributed by atoms with E-state index in [4.69, 9.17) is 16.3 Å². The summed E-state index contributed by atoms with van der Waals surface area (Å²) >= 11 is 7.59. The Labute approximate surface area is 188 Å². The van der Waals surface area contributed by atoms with Crippen LogP contribution in [0.4, 0.5) is 0 Å². The Bertz CT molecular complexity index is 1220. The average molecular weight is 450 g/mol. The number of ether oxygens (including phenoxy) is 1. The van der Waals surface area contributed by atoms with Gasteiger partial charge in [-0.2, -0.15) is 10.5 Å². The Morgan fingerprint density at radius 2 is 1.90 bits per heavy atom. The molecule has 9 heteroatoms. The quantitative estimate of drug-likeness (QED) is 0.443. The van der Waals surface area contributed by atoms with Gasteiger partial charge in [0.2, 0.25) is 0 Å². The van der Waals surface area contributed by atoms with Crippen molar-refractivity contribution in [3.8, 4) is 29.0 Å². The highest BCUT2D eigenvalue weighted by atomic mass is 35.5. The maximum Gasteiger partial charge on any atom is 0.269 e. The van der Waals surface area contributed by atoms with E-state index in [9.17, 15) is 15.3 Å². The molecule has 0 radical (unpaired) electrons.